The zero-order valence-corrected chi connectivity index (χ0v) is 11.5. The second-order valence-corrected chi connectivity index (χ2v) is 4.11. The maximum absolute atomic E-state index is 5.77. The quantitative estimate of drug-likeness (QED) is 0.747. The molecule has 0 aliphatic carbocycles. The van der Waals surface area contributed by atoms with Crippen LogP contribution in [0.3, 0.4) is 0 Å². The minimum atomic E-state index is 0.485. The molecule has 0 saturated heterocycles. The monoisotopic (exact) mass is 253 g/mol. The molecule has 0 atom stereocenters. The molecule has 1 aromatic rings. The summed E-state index contributed by atoms with van der Waals surface area (Å²) in [5.74, 6) is 0.937. The van der Waals surface area contributed by atoms with Crippen molar-refractivity contribution in [3.63, 3.8) is 0 Å². The Morgan fingerprint density at radius 3 is 2.28 bits per heavy atom. The van der Waals surface area contributed by atoms with Gasteiger partial charge in [0.15, 0.2) is 0 Å². The van der Waals surface area contributed by atoms with E-state index in [0.717, 1.165) is 30.2 Å². The molecule has 18 heavy (non-hydrogen) atoms. The zero-order chi connectivity index (χ0) is 13.4. The van der Waals surface area contributed by atoms with Crippen molar-refractivity contribution in [2.75, 3.05) is 45.4 Å². The van der Waals surface area contributed by atoms with Crippen LogP contribution in [0.5, 0.6) is 0 Å². The van der Waals surface area contributed by atoms with E-state index < -0.39 is 0 Å². The molecule has 0 bridgehead atoms. The Balaban J connectivity index is 2.90. The van der Waals surface area contributed by atoms with Crippen LogP contribution >= 0.6 is 0 Å². The van der Waals surface area contributed by atoms with E-state index in [9.17, 15) is 0 Å². The van der Waals surface area contributed by atoms with E-state index in [4.69, 9.17) is 15.2 Å². The molecule has 1 rings (SSSR count). The third-order valence-corrected chi connectivity index (χ3v) is 2.75. The maximum Gasteiger partial charge on any atom is 0.133 e. The number of hydrogen-bond donors (Lipinski definition) is 1. The van der Waals surface area contributed by atoms with Crippen LogP contribution in [0.1, 0.15) is 11.3 Å². The molecule has 0 aliphatic heterocycles. The molecule has 0 aromatic carbocycles. The lowest BCUT2D eigenvalue weighted by atomic mass is 10.2. The van der Waals surface area contributed by atoms with Gasteiger partial charge in [0.1, 0.15) is 5.82 Å². The number of hydrogen-bond acceptors (Lipinski definition) is 5. The fraction of sp³-hybridized carbons (Fsp3) is 0.615. The lowest BCUT2D eigenvalue weighted by Crippen LogP contribution is -2.32. The van der Waals surface area contributed by atoms with Gasteiger partial charge in [0.2, 0.25) is 0 Å². The number of rotatable bonds is 8. The van der Waals surface area contributed by atoms with Crippen LogP contribution in [0.25, 0.3) is 0 Å². The second-order valence-electron chi connectivity index (χ2n) is 4.11. The highest BCUT2D eigenvalue weighted by Crippen LogP contribution is 2.18. The van der Waals surface area contributed by atoms with Crippen LogP contribution in [-0.4, -0.2) is 45.5 Å². The van der Waals surface area contributed by atoms with Gasteiger partial charge in [-0.15, -0.1) is 0 Å². The molecule has 0 unspecified atom stereocenters. The van der Waals surface area contributed by atoms with Crippen LogP contribution in [0.15, 0.2) is 12.1 Å². The first-order chi connectivity index (χ1) is 8.72. The van der Waals surface area contributed by atoms with Crippen molar-refractivity contribution in [2.24, 2.45) is 5.73 Å². The number of aromatic nitrogens is 1. The van der Waals surface area contributed by atoms with Crippen LogP contribution in [0.4, 0.5) is 5.82 Å². The van der Waals surface area contributed by atoms with E-state index in [1.165, 1.54) is 0 Å². The largest absolute Gasteiger partial charge is 0.383 e. The molecule has 102 valence electrons. The van der Waals surface area contributed by atoms with E-state index in [1.54, 1.807) is 14.2 Å². The van der Waals surface area contributed by atoms with Crippen molar-refractivity contribution in [3.05, 3.63) is 23.4 Å². The van der Waals surface area contributed by atoms with Gasteiger partial charge in [-0.05, 0) is 13.0 Å². The Kier molecular flexibility index (Phi) is 6.64. The van der Waals surface area contributed by atoms with Crippen LogP contribution < -0.4 is 10.6 Å². The van der Waals surface area contributed by atoms with Crippen LogP contribution in [-0.2, 0) is 16.0 Å². The minimum absolute atomic E-state index is 0.485. The van der Waals surface area contributed by atoms with E-state index in [0.29, 0.717) is 19.8 Å². The topological polar surface area (TPSA) is 60.6 Å². The number of nitrogens with two attached hydrogens (primary N) is 1. The van der Waals surface area contributed by atoms with Gasteiger partial charge in [0.25, 0.3) is 0 Å². The zero-order valence-electron chi connectivity index (χ0n) is 11.5. The average Bonchev–Trinajstić information content (AvgIpc) is 2.39. The Hall–Kier alpha value is -1.17. The van der Waals surface area contributed by atoms with E-state index >= 15 is 0 Å². The molecule has 0 fully saturated rings. The molecular weight excluding hydrogens is 230 g/mol. The van der Waals surface area contributed by atoms with Crippen LogP contribution in [0.2, 0.25) is 0 Å². The SMILES string of the molecule is COCCN(CCOC)c1nc(C)ccc1CN. The normalized spacial score (nSPS) is 10.7. The van der Waals surface area contributed by atoms with Crippen molar-refractivity contribution >= 4 is 5.82 Å². The lowest BCUT2D eigenvalue weighted by molar-refractivity contribution is 0.190. The summed E-state index contributed by atoms with van der Waals surface area (Å²) in [5.41, 5.74) is 7.80. The van der Waals surface area contributed by atoms with Gasteiger partial charge in [-0.25, -0.2) is 4.98 Å². The number of ether oxygens (including phenoxy) is 2. The predicted molar refractivity (Wildman–Crippen MR) is 72.8 cm³/mol. The summed E-state index contributed by atoms with van der Waals surface area (Å²) in [6.07, 6.45) is 0. The molecule has 1 heterocycles. The highest BCUT2D eigenvalue weighted by atomic mass is 16.5. The van der Waals surface area contributed by atoms with Crippen molar-refractivity contribution in [1.82, 2.24) is 4.98 Å². The lowest BCUT2D eigenvalue weighted by Gasteiger charge is -2.25. The maximum atomic E-state index is 5.77. The minimum Gasteiger partial charge on any atom is -0.383 e. The van der Waals surface area contributed by atoms with Crippen molar-refractivity contribution in [3.8, 4) is 0 Å². The number of nitrogens with zero attached hydrogens (tertiary/aromatic N) is 2. The molecular formula is C13H23N3O2. The third kappa shape index (κ3) is 4.25. The van der Waals surface area contributed by atoms with Gasteiger partial charge < -0.3 is 20.1 Å². The standard InChI is InChI=1S/C13H23N3O2/c1-11-4-5-12(10-14)13(15-11)16(6-8-17-2)7-9-18-3/h4-5H,6-10,14H2,1-3H3. The van der Waals surface area contributed by atoms with Gasteiger partial charge in [0, 0.05) is 45.1 Å². The first kappa shape index (κ1) is 14.9. The molecule has 0 aliphatic rings. The fourth-order valence-corrected chi connectivity index (χ4v) is 1.73. The number of anilines is 1. The van der Waals surface area contributed by atoms with Gasteiger partial charge in [0.05, 0.1) is 13.2 Å². The fourth-order valence-electron chi connectivity index (χ4n) is 1.73. The van der Waals surface area contributed by atoms with Gasteiger partial charge >= 0.3 is 0 Å². The molecule has 5 nitrogen and oxygen atoms in total. The van der Waals surface area contributed by atoms with E-state index in [1.807, 2.05) is 19.1 Å². The van der Waals surface area contributed by atoms with Gasteiger partial charge in [-0.2, -0.15) is 0 Å². The first-order valence-electron chi connectivity index (χ1n) is 6.12. The molecule has 5 heteroatoms. The van der Waals surface area contributed by atoms with Crippen LogP contribution in [0, 0.1) is 6.92 Å². The summed E-state index contributed by atoms with van der Waals surface area (Å²) in [5, 5.41) is 0. The average molecular weight is 253 g/mol. The summed E-state index contributed by atoms with van der Waals surface area (Å²) in [4.78, 5) is 6.74. The van der Waals surface area contributed by atoms with Crippen molar-refractivity contribution in [2.45, 2.75) is 13.5 Å². The Morgan fingerprint density at radius 2 is 1.78 bits per heavy atom. The molecule has 2 N–H and O–H groups in total. The highest BCUT2D eigenvalue weighted by Gasteiger charge is 2.12. The Labute approximate surface area is 109 Å². The third-order valence-electron chi connectivity index (χ3n) is 2.75. The molecule has 0 spiro atoms. The molecule has 0 radical (unpaired) electrons. The van der Waals surface area contributed by atoms with Gasteiger partial charge in [-0.1, -0.05) is 6.07 Å². The molecule has 1 aromatic heterocycles. The van der Waals surface area contributed by atoms with E-state index in [2.05, 4.69) is 9.88 Å². The molecule has 0 saturated carbocycles. The van der Waals surface area contributed by atoms with Gasteiger partial charge in [-0.3, -0.25) is 0 Å². The smallest absolute Gasteiger partial charge is 0.133 e. The van der Waals surface area contributed by atoms with E-state index in [-0.39, 0.29) is 0 Å². The number of aryl methyl sites for hydroxylation is 1. The predicted octanol–water partition coefficient (Wildman–Crippen LogP) is 0.948. The second kappa shape index (κ2) is 8.02. The summed E-state index contributed by atoms with van der Waals surface area (Å²) in [7, 11) is 3.39. The summed E-state index contributed by atoms with van der Waals surface area (Å²) in [6.45, 7) is 5.34. The summed E-state index contributed by atoms with van der Waals surface area (Å²) < 4.78 is 10.3. The number of pyridine rings is 1. The Bertz CT molecular complexity index is 350. The Morgan fingerprint density at radius 1 is 1.17 bits per heavy atom. The first-order valence-corrected chi connectivity index (χ1v) is 6.12. The molecule has 0 amide bonds. The van der Waals surface area contributed by atoms with Crippen molar-refractivity contribution in [1.29, 1.82) is 0 Å². The summed E-state index contributed by atoms with van der Waals surface area (Å²) >= 11 is 0. The highest BCUT2D eigenvalue weighted by molar-refractivity contribution is 5.47. The van der Waals surface area contributed by atoms with Crippen molar-refractivity contribution < 1.29 is 9.47 Å². The number of methoxy groups -OCH3 is 2. The summed E-state index contributed by atoms with van der Waals surface area (Å²) in [6, 6.07) is 4.01.